The van der Waals surface area contributed by atoms with Crippen LogP contribution in [0.5, 0.6) is 0 Å². The molecular weight excluding hydrogens is 246 g/mol. The molecule has 0 aliphatic rings. The summed E-state index contributed by atoms with van der Waals surface area (Å²) in [4.78, 5) is 11.2. The van der Waals surface area contributed by atoms with Crippen LogP contribution in [0.25, 0.3) is 0 Å². The number of nitrogens with zero attached hydrogens (tertiary/aromatic N) is 1. The number of hydrogen-bond acceptors (Lipinski definition) is 5. The summed E-state index contributed by atoms with van der Waals surface area (Å²) < 4.78 is 34.2. The van der Waals surface area contributed by atoms with Crippen molar-refractivity contribution < 1.29 is 22.7 Å². The van der Waals surface area contributed by atoms with Crippen LogP contribution in [0.1, 0.15) is 13.8 Å². The Morgan fingerprint density at radius 1 is 1.41 bits per heavy atom. The van der Waals surface area contributed by atoms with Gasteiger partial charge in [-0.3, -0.25) is 4.79 Å². The molecule has 0 aliphatic heterocycles. The minimum Gasteiger partial charge on any atom is -0.469 e. The van der Waals surface area contributed by atoms with Gasteiger partial charge in [0.05, 0.1) is 25.4 Å². The molecule has 0 aromatic carbocycles. The molecule has 0 aromatic rings. The number of hydrogen-bond donors (Lipinski definition) is 0. The van der Waals surface area contributed by atoms with Gasteiger partial charge in [-0.1, -0.05) is 6.92 Å². The summed E-state index contributed by atoms with van der Waals surface area (Å²) in [6.07, 6.45) is 0. The smallest absolute Gasteiger partial charge is 0.309 e. The second-order valence-electron chi connectivity index (χ2n) is 3.72. The van der Waals surface area contributed by atoms with E-state index in [1.54, 1.807) is 13.8 Å². The Kier molecular flexibility index (Phi) is 7.33. The van der Waals surface area contributed by atoms with Gasteiger partial charge in [0.15, 0.2) is 0 Å². The van der Waals surface area contributed by atoms with Gasteiger partial charge >= 0.3 is 5.97 Å². The topological polar surface area (TPSA) is 72.9 Å². The second-order valence-corrected chi connectivity index (χ2v) is 5.91. The Hall–Kier alpha value is -0.660. The molecule has 0 aliphatic carbocycles. The van der Waals surface area contributed by atoms with Crippen molar-refractivity contribution in [2.45, 2.75) is 13.8 Å². The lowest BCUT2D eigenvalue weighted by molar-refractivity contribution is -0.144. The van der Waals surface area contributed by atoms with E-state index in [0.717, 1.165) is 4.31 Å². The van der Waals surface area contributed by atoms with Gasteiger partial charge in [-0.15, -0.1) is 0 Å². The molecule has 0 spiro atoms. The molecular formula is C10H21NO5S. The molecule has 0 radical (unpaired) electrons. The average Bonchev–Trinajstić information content (AvgIpc) is 2.27. The zero-order chi connectivity index (χ0) is 13.5. The highest BCUT2D eigenvalue weighted by molar-refractivity contribution is 7.89. The summed E-state index contributed by atoms with van der Waals surface area (Å²) in [7, 11) is -0.643. The minimum atomic E-state index is -3.37. The third kappa shape index (κ3) is 5.99. The molecule has 1 atom stereocenters. The van der Waals surface area contributed by atoms with Gasteiger partial charge in [-0.25, -0.2) is 12.7 Å². The van der Waals surface area contributed by atoms with Crippen molar-refractivity contribution in [3.63, 3.8) is 0 Å². The molecule has 0 bridgehead atoms. The molecule has 0 heterocycles. The molecule has 17 heavy (non-hydrogen) atoms. The van der Waals surface area contributed by atoms with E-state index in [2.05, 4.69) is 4.74 Å². The molecule has 0 unspecified atom stereocenters. The number of rotatable bonds is 8. The molecule has 0 aromatic heterocycles. The van der Waals surface area contributed by atoms with E-state index < -0.39 is 21.9 Å². The minimum absolute atomic E-state index is 0.0781. The lowest BCUT2D eigenvalue weighted by Gasteiger charge is -2.19. The van der Waals surface area contributed by atoms with Gasteiger partial charge in [-0.2, -0.15) is 0 Å². The first kappa shape index (κ1) is 16.3. The number of carbonyl (C=O) groups is 1. The van der Waals surface area contributed by atoms with Crippen LogP contribution in [0.15, 0.2) is 0 Å². The molecule has 0 saturated heterocycles. The Morgan fingerprint density at radius 3 is 2.47 bits per heavy atom. The third-order valence-corrected chi connectivity index (χ3v) is 4.08. The Balaban J connectivity index is 4.28. The Labute approximate surface area is 103 Å². The number of methoxy groups -OCH3 is 1. The molecule has 0 N–H and O–H groups in total. The zero-order valence-electron chi connectivity index (χ0n) is 10.8. The largest absolute Gasteiger partial charge is 0.469 e. The van der Waals surface area contributed by atoms with Gasteiger partial charge < -0.3 is 9.47 Å². The van der Waals surface area contributed by atoms with Crippen molar-refractivity contribution in [1.82, 2.24) is 4.31 Å². The number of carbonyl (C=O) groups excluding carboxylic acids is 1. The lowest BCUT2D eigenvalue weighted by atomic mass is 10.2. The van der Waals surface area contributed by atoms with Gasteiger partial charge in [0.25, 0.3) is 0 Å². The zero-order valence-corrected chi connectivity index (χ0v) is 11.6. The summed E-state index contributed by atoms with van der Waals surface area (Å²) in [5.74, 6) is -0.977. The SMILES string of the molecule is CCOCCS(=O)(=O)N(C)C[C@@H](C)C(=O)OC. The molecule has 0 rings (SSSR count). The van der Waals surface area contributed by atoms with Crippen molar-refractivity contribution in [3.8, 4) is 0 Å². The fourth-order valence-electron chi connectivity index (χ4n) is 1.24. The van der Waals surface area contributed by atoms with Crippen LogP contribution in [0.3, 0.4) is 0 Å². The van der Waals surface area contributed by atoms with Gasteiger partial charge in [0.1, 0.15) is 0 Å². The highest BCUT2D eigenvalue weighted by Gasteiger charge is 2.23. The van der Waals surface area contributed by atoms with Crippen molar-refractivity contribution in [3.05, 3.63) is 0 Å². The normalized spacial score (nSPS) is 13.7. The monoisotopic (exact) mass is 267 g/mol. The summed E-state index contributed by atoms with van der Waals surface area (Å²) in [6.45, 7) is 4.19. The van der Waals surface area contributed by atoms with Crippen LogP contribution in [0, 0.1) is 5.92 Å². The van der Waals surface area contributed by atoms with Gasteiger partial charge in [0.2, 0.25) is 10.0 Å². The van der Waals surface area contributed by atoms with Crippen molar-refractivity contribution >= 4 is 16.0 Å². The fraction of sp³-hybridized carbons (Fsp3) is 0.900. The van der Waals surface area contributed by atoms with E-state index in [4.69, 9.17) is 4.74 Å². The van der Waals surface area contributed by atoms with Crippen molar-refractivity contribution in [1.29, 1.82) is 0 Å². The molecule has 0 saturated carbocycles. The maximum absolute atomic E-state index is 11.7. The molecule has 6 nitrogen and oxygen atoms in total. The summed E-state index contributed by atoms with van der Waals surface area (Å²) in [5, 5.41) is 0. The van der Waals surface area contributed by atoms with Gasteiger partial charge in [0, 0.05) is 20.2 Å². The summed E-state index contributed by atoms with van der Waals surface area (Å²) >= 11 is 0. The maximum Gasteiger partial charge on any atom is 0.309 e. The first-order valence-corrected chi connectivity index (χ1v) is 7.05. The van der Waals surface area contributed by atoms with E-state index in [-0.39, 0.29) is 18.9 Å². The van der Waals surface area contributed by atoms with Crippen LogP contribution < -0.4 is 0 Å². The predicted octanol–water partition coefficient (Wildman–Crippen LogP) is 0.0936. The van der Waals surface area contributed by atoms with E-state index in [1.807, 2.05) is 0 Å². The molecule has 102 valence electrons. The average molecular weight is 267 g/mol. The Bertz CT molecular complexity index is 328. The quantitative estimate of drug-likeness (QED) is 0.460. The Morgan fingerprint density at radius 2 is 2.00 bits per heavy atom. The summed E-state index contributed by atoms with van der Waals surface area (Å²) in [5.41, 5.74) is 0. The first-order valence-electron chi connectivity index (χ1n) is 5.44. The van der Waals surface area contributed by atoms with Crippen LogP contribution in [0.2, 0.25) is 0 Å². The number of sulfonamides is 1. The van der Waals surface area contributed by atoms with Gasteiger partial charge in [-0.05, 0) is 6.92 Å². The first-order chi connectivity index (χ1) is 7.85. The molecule has 0 amide bonds. The molecule has 7 heteroatoms. The van der Waals surface area contributed by atoms with Crippen LogP contribution in [0.4, 0.5) is 0 Å². The van der Waals surface area contributed by atoms with Crippen LogP contribution in [-0.4, -0.2) is 58.4 Å². The van der Waals surface area contributed by atoms with E-state index in [0.29, 0.717) is 6.61 Å². The lowest BCUT2D eigenvalue weighted by Crippen LogP contribution is -2.36. The number of esters is 1. The fourth-order valence-corrected chi connectivity index (χ4v) is 2.33. The maximum atomic E-state index is 11.7. The highest BCUT2D eigenvalue weighted by Crippen LogP contribution is 2.05. The predicted molar refractivity (Wildman–Crippen MR) is 64.1 cm³/mol. The highest BCUT2D eigenvalue weighted by atomic mass is 32.2. The molecule has 0 fully saturated rings. The summed E-state index contributed by atoms with van der Waals surface area (Å²) in [6, 6.07) is 0. The van der Waals surface area contributed by atoms with E-state index in [1.165, 1.54) is 14.2 Å². The van der Waals surface area contributed by atoms with E-state index >= 15 is 0 Å². The van der Waals surface area contributed by atoms with Crippen LogP contribution in [-0.2, 0) is 24.3 Å². The second kappa shape index (κ2) is 7.62. The van der Waals surface area contributed by atoms with Crippen molar-refractivity contribution in [2.75, 3.05) is 39.7 Å². The number of ether oxygens (including phenoxy) is 2. The van der Waals surface area contributed by atoms with Crippen molar-refractivity contribution in [2.24, 2.45) is 5.92 Å². The van der Waals surface area contributed by atoms with E-state index in [9.17, 15) is 13.2 Å². The van der Waals surface area contributed by atoms with Crippen LogP contribution >= 0.6 is 0 Å². The standard InChI is InChI=1S/C10H21NO5S/c1-5-16-6-7-17(13,14)11(3)8-9(2)10(12)15-4/h9H,5-8H2,1-4H3/t9-/m1/s1. The third-order valence-electron chi connectivity index (χ3n) is 2.30.